The number of carbonyl (C=O) groups excluding carboxylic acids is 2. The number of pyridine rings is 1. The summed E-state index contributed by atoms with van der Waals surface area (Å²) in [4.78, 5) is 27.8. The highest BCUT2D eigenvalue weighted by molar-refractivity contribution is 9.10. The van der Waals surface area contributed by atoms with E-state index in [0.29, 0.717) is 21.4 Å². The fourth-order valence-corrected chi connectivity index (χ4v) is 2.18. The van der Waals surface area contributed by atoms with Gasteiger partial charge in [0.25, 0.3) is 5.91 Å². The van der Waals surface area contributed by atoms with Crippen LogP contribution in [0.3, 0.4) is 0 Å². The number of carbonyl (C=O) groups is 2. The molecule has 5 nitrogen and oxygen atoms in total. The number of halogens is 1. The average Bonchev–Trinajstić information content (AvgIpc) is 2.49. The highest BCUT2D eigenvalue weighted by Crippen LogP contribution is 2.20. The van der Waals surface area contributed by atoms with Gasteiger partial charge in [-0.2, -0.15) is 0 Å². The predicted molar refractivity (Wildman–Crippen MR) is 82.4 cm³/mol. The Morgan fingerprint density at radius 3 is 2.71 bits per heavy atom. The second kappa shape index (κ2) is 6.49. The first-order valence-electron chi connectivity index (χ1n) is 6.13. The van der Waals surface area contributed by atoms with E-state index in [1.165, 1.54) is 7.11 Å². The van der Waals surface area contributed by atoms with Crippen molar-refractivity contribution in [2.45, 2.75) is 6.92 Å². The van der Waals surface area contributed by atoms with Crippen molar-refractivity contribution in [1.29, 1.82) is 0 Å². The molecule has 0 saturated heterocycles. The Bertz CT molecular complexity index is 701. The van der Waals surface area contributed by atoms with Gasteiger partial charge in [-0.1, -0.05) is 6.07 Å². The Hall–Kier alpha value is -2.21. The van der Waals surface area contributed by atoms with E-state index >= 15 is 0 Å². The molecule has 6 heteroatoms. The quantitative estimate of drug-likeness (QED) is 0.683. The Labute approximate surface area is 130 Å². The number of esters is 1. The molecular weight excluding hydrogens is 336 g/mol. The number of benzene rings is 1. The van der Waals surface area contributed by atoms with Crippen molar-refractivity contribution in [2.24, 2.45) is 0 Å². The Morgan fingerprint density at radius 1 is 1.29 bits per heavy atom. The summed E-state index contributed by atoms with van der Waals surface area (Å²) in [6.07, 6.45) is 1.59. The first-order chi connectivity index (χ1) is 10.0. The SMILES string of the molecule is COC(=O)c1ccc(C)c(NC(=O)c2cccnc2Br)c1. The molecule has 1 heterocycles. The lowest BCUT2D eigenvalue weighted by atomic mass is 10.1. The van der Waals surface area contributed by atoms with Crippen LogP contribution in [0.5, 0.6) is 0 Å². The molecule has 2 aromatic rings. The lowest BCUT2D eigenvalue weighted by Gasteiger charge is -2.10. The van der Waals surface area contributed by atoms with E-state index in [9.17, 15) is 9.59 Å². The molecule has 1 amide bonds. The van der Waals surface area contributed by atoms with Gasteiger partial charge in [0.2, 0.25) is 0 Å². The summed E-state index contributed by atoms with van der Waals surface area (Å²) in [6.45, 7) is 1.84. The van der Waals surface area contributed by atoms with Gasteiger partial charge in [-0.05, 0) is 52.7 Å². The maximum atomic E-state index is 12.2. The van der Waals surface area contributed by atoms with Crippen molar-refractivity contribution >= 4 is 33.5 Å². The van der Waals surface area contributed by atoms with E-state index in [-0.39, 0.29) is 5.91 Å². The molecule has 0 aliphatic carbocycles. The van der Waals surface area contributed by atoms with Crippen molar-refractivity contribution in [3.8, 4) is 0 Å². The van der Waals surface area contributed by atoms with E-state index in [1.807, 2.05) is 6.92 Å². The van der Waals surface area contributed by atoms with Crippen LogP contribution in [0.15, 0.2) is 41.1 Å². The Morgan fingerprint density at radius 2 is 2.05 bits per heavy atom. The second-order valence-corrected chi connectivity index (χ2v) is 5.07. The zero-order valence-corrected chi connectivity index (χ0v) is 13.1. The van der Waals surface area contributed by atoms with E-state index in [4.69, 9.17) is 0 Å². The van der Waals surface area contributed by atoms with Crippen LogP contribution >= 0.6 is 15.9 Å². The molecule has 0 radical (unpaired) electrons. The monoisotopic (exact) mass is 348 g/mol. The van der Waals surface area contributed by atoms with Gasteiger partial charge in [0.1, 0.15) is 4.60 Å². The standard InChI is InChI=1S/C15H13BrN2O3/c1-9-5-6-10(15(20)21-2)8-12(9)18-14(19)11-4-3-7-17-13(11)16/h3-8H,1-2H3,(H,18,19). The molecule has 0 aliphatic heterocycles. The van der Waals surface area contributed by atoms with Crippen LogP contribution in [0.25, 0.3) is 0 Å². The zero-order chi connectivity index (χ0) is 15.4. The number of rotatable bonds is 3. The predicted octanol–water partition coefficient (Wildman–Crippen LogP) is 3.19. The maximum Gasteiger partial charge on any atom is 0.337 e. The first kappa shape index (κ1) is 15.2. The van der Waals surface area contributed by atoms with Gasteiger partial charge in [-0.25, -0.2) is 9.78 Å². The minimum atomic E-state index is -0.451. The van der Waals surface area contributed by atoms with Crippen LogP contribution in [-0.2, 0) is 4.74 Å². The van der Waals surface area contributed by atoms with E-state index < -0.39 is 5.97 Å². The van der Waals surface area contributed by atoms with Gasteiger partial charge in [-0.3, -0.25) is 4.79 Å². The van der Waals surface area contributed by atoms with Gasteiger partial charge < -0.3 is 10.1 Å². The van der Waals surface area contributed by atoms with Crippen LogP contribution < -0.4 is 5.32 Å². The molecule has 1 aromatic heterocycles. The lowest BCUT2D eigenvalue weighted by Crippen LogP contribution is -2.14. The molecule has 0 saturated carbocycles. The molecule has 0 aliphatic rings. The lowest BCUT2D eigenvalue weighted by molar-refractivity contribution is 0.0600. The highest BCUT2D eigenvalue weighted by Gasteiger charge is 2.13. The highest BCUT2D eigenvalue weighted by atomic mass is 79.9. The normalized spacial score (nSPS) is 10.0. The first-order valence-corrected chi connectivity index (χ1v) is 6.93. The number of anilines is 1. The number of nitrogens with zero attached hydrogens (tertiary/aromatic N) is 1. The molecular formula is C15H13BrN2O3. The molecule has 0 spiro atoms. The summed E-state index contributed by atoms with van der Waals surface area (Å²) in [5.41, 5.74) is 2.19. The number of aromatic nitrogens is 1. The number of hydrogen-bond acceptors (Lipinski definition) is 4. The smallest absolute Gasteiger partial charge is 0.337 e. The molecule has 21 heavy (non-hydrogen) atoms. The van der Waals surface area contributed by atoms with Crippen LogP contribution in [0, 0.1) is 6.92 Å². The molecule has 1 aromatic carbocycles. The van der Waals surface area contributed by atoms with Crippen molar-refractivity contribution in [2.75, 3.05) is 12.4 Å². The Balaban J connectivity index is 2.29. The van der Waals surface area contributed by atoms with Crippen LogP contribution in [-0.4, -0.2) is 24.0 Å². The fourth-order valence-electron chi connectivity index (χ4n) is 1.75. The van der Waals surface area contributed by atoms with E-state index in [1.54, 1.807) is 36.5 Å². The third-order valence-electron chi connectivity index (χ3n) is 2.91. The average molecular weight is 349 g/mol. The largest absolute Gasteiger partial charge is 0.465 e. The summed E-state index contributed by atoms with van der Waals surface area (Å²) in [5.74, 6) is -0.756. The third-order valence-corrected chi connectivity index (χ3v) is 3.54. The number of nitrogens with one attached hydrogen (secondary N) is 1. The summed E-state index contributed by atoms with van der Waals surface area (Å²) in [5, 5.41) is 2.77. The molecule has 0 unspecified atom stereocenters. The van der Waals surface area contributed by atoms with Gasteiger partial charge in [0.15, 0.2) is 0 Å². The Kier molecular flexibility index (Phi) is 4.70. The fraction of sp³-hybridized carbons (Fsp3) is 0.133. The van der Waals surface area contributed by atoms with E-state index in [0.717, 1.165) is 5.56 Å². The van der Waals surface area contributed by atoms with Crippen molar-refractivity contribution < 1.29 is 14.3 Å². The van der Waals surface area contributed by atoms with Gasteiger partial charge in [-0.15, -0.1) is 0 Å². The summed E-state index contributed by atoms with van der Waals surface area (Å²) in [6, 6.07) is 8.32. The number of amides is 1. The maximum absolute atomic E-state index is 12.2. The van der Waals surface area contributed by atoms with Crippen molar-refractivity contribution in [1.82, 2.24) is 4.98 Å². The summed E-state index contributed by atoms with van der Waals surface area (Å²) >= 11 is 3.23. The molecule has 2 rings (SSSR count). The number of aryl methyl sites for hydroxylation is 1. The molecule has 0 bridgehead atoms. The second-order valence-electron chi connectivity index (χ2n) is 4.32. The van der Waals surface area contributed by atoms with Crippen LogP contribution in [0.4, 0.5) is 5.69 Å². The summed E-state index contributed by atoms with van der Waals surface area (Å²) < 4.78 is 5.13. The van der Waals surface area contributed by atoms with Crippen LogP contribution in [0.1, 0.15) is 26.3 Å². The topological polar surface area (TPSA) is 68.3 Å². The van der Waals surface area contributed by atoms with Crippen molar-refractivity contribution in [3.63, 3.8) is 0 Å². The third kappa shape index (κ3) is 3.46. The van der Waals surface area contributed by atoms with Crippen molar-refractivity contribution in [3.05, 3.63) is 57.8 Å². The number of methoxy groups -OCH3 is 1. The van der Waals surface area contributed by atoms with Gasteiger partial charge in [0, 0.05) is 11.9 Å². The van der Waals surface area contributed by atoms with Crippen LogP contribution in [0.2, 0.25) is 0 Å². The van der Waals surface area contributed by atoms with E-state index in [2.05, 4.69) is 31.0 Å². The molecule has 0 atom stereocenters. The molecule has 0 fully saturated rings. The summed E-state index contributed by atoms with van der Waals surface area (Å²) in [7, 11) is 1.31. The molecule has 1 N–H and O–H groups in total. The van der Waals surface area contributed by atoms with Gasteiger partial charge >= 0.3 is 5.97 Å². The minimum absolute atomic E-state index is 0.305. The number of ether oxygens (including phenoxy) is 1. The number of hydrogen-bond donors (Lipinski definition) is 1. The minimum Gasteiger partial charge on any atom is -0.465 e. The zero-order valence-electron chi connectivity index (χ0n) is 11.5. The molecule has 108 valence electrons. The van der Waals surface area contributed by atoms with Gasteiger partial charge in [0.05, 0.1) is 18.2 Å².